The van der Waals surface area contributed by atoms with Crippen LogP contribution in [-0.4, -0.2) is 38.6 Å². The monoisotopic (exact) mass is 466 g/mol. The summed E-state index contributed by atoms with van der Waals surface area (Å²) in [5, 5.41) is 0.766. The Bertz CT molecular complexity index is 1380. The molecule has 0 aliphatic carbocycles. The molecule has 2 aromatic heterocycles. The topological polar surface area (TPSA) is 80.3 Å². The van der Waals surface area contributed by atoms with Crippen molar-refractivity contribution in [2.75, 3.05) is 23.7 Å². The van der Waals surface area contributed by atoms with Gasteiger partial charge in [0, 0.05) is 44.1 Å². The van der Waals surface area contributed by atoms with Gasteiger partial charge in [0.1, 0.15) is 17.8 Å². The van der Waals surface area contributed by atoms with Gasteiger partial charge in [0.05, 0.1) is 10.9 Å². The molecule has 34 heavy (non-hydrogen) atoms. The van der Waals surface area contributed by atoms with Crippen LogP contribution in [0, 0.1) is 0 Å². The highest BCUT2D eigenvalue weighted by molar-refractivity contribution is 6.01. The summed E-state index contributed by atoms with van der Waals surface area (Å²) in [6.45, 7) is 0.993. The summed E-state index contributed by atoms with van der Waals surface area (Å²) >= 11 is 0. The Morgan fingerprint density at radius 1 is 1.06 bits per heavy atom. The molecule has 2 amide bonds. The van der Waals surface area contributed by atoms with E-state index in [0.717, 1.165) is 34.3 Å². The summed E-state index contributed by atoms with van der Waals surface area (Å²) in [5.41, 5.74) is 9.04. The highest BCUT2D eigenvalue weighted by Crippen LogP contribution is 2.34. The van der Waals surface area contributed by atoms with Gasteiger partial charge in [0.15, 0.2) is 0 Å². The number of nitrogens with two attached hydrogens (primary N) is 1. The number of nitrogen functional groups attached to an aromatic ring is 1. The van der Waals surface area contributed by atoms with Crippen LogP contribution >= 0.6 is 0 Å². The minimum absolute atomic E-state index is 0.118. The number of alkyl halides is 3. The fourth-order valence-electron chi connectivity index (χ4n) is 4.31. The highest BCUT2D eigenvalue weighted by atomic mass is 19.4. The SMILES string of the molecule is Cn1cc(-c2ccc(N3CCN(Cc4cccc(C(F)(F)F)c4)C3=O)cc2)c2c(N)ncnc21. The summed E-state index contributed by atoms with van der Waals surface area (Å²) in [4.78, 5) is 24.5. The van der Waals surface area contributed by atoms with Crippen molar-refractivity contribution in [1.82, 2.24) is 19.4 Å². The van der Waals surface area contributed by atoms with Gasteiger partial charge in [-0.2, -0.15) is 13.2 Å². The van der Waals surface area contributed by atoms with Crippen molar-refractivity contribution in [1.29, 1.82) is 0 Å². The summed E-state index contributed by atoms with van der Waals surface area (Å²) in [7, 11) is 1.88. The molecular formula is C24H21F3N6O. The van der Waals surface area contributed by atoms with Gasteiger partial charge in [-0.15, -0.1) is 0 Å². The van der Waals surface area contributed by atoms with Crippen molar-refractivity contribution in [3.63, 3.8) is 0 Å². The number of fused-ring (bicyclic) bond motifs is 1. The fraction of sp³-hybridized carbons (Fsp3) is 0.208. The largest absolute Gasteiger partial charge is 0.416 e. The Morgan fingerprint density at radius 2 is 1.82 bits per heavy atom. The number of benzene rings is 2. The molecule has 1 saturated heterocycles. The molecule has 0 spiro atoms. The van der Waals surface area contributed by atoms with E-state index in [1.165, 1.54) is 12.4 Å². The number of carbonyl (C=O) groups is 1. The maximum Gasteiger partial charge on any atom is 0.416 e. The lowest BCUT2D eigenvalue weighted by molar-refractivity contribution is -0.137. The molecule has 0 bridgehead atoms. The van der Waals surface area contributed by atoms with Crippen LogP contribution in [0.5, 0.6) is 0 Å². The molecule has 2 N–H and O–H groups in total. The summed E-state index contributed by atoms with van der Waals surface area (Å²) in [6, 6.07) is 12.3. The van der Waals surface area contributed by atoms with E-state index in [1.807, 2.05) is 42.1 Å². The lowest BCUT2D eigenvalue weighted by atomic mass is 10.1. The minimum atomic E-state index is -4.42. The second-order valence-electron chi connectivity index (χ2n) is 8.21. The van der Waals surface area contributed by atoms with E-state index < -0.39 is 11.7 Å². The van der Waals surface area contributed by atoms with Crippen molar-refractivity contribution in [2.45, 2.75) is 12.7 Å². The third kappa shape index (κ3) is 3.81. The Balaban J connectivity index is 1.35. The Labute approximate surface area is 193 Å². The fourth-order valence-corrected chi connectivity index (χ4v) is 4.31. The Morgan fingerprint density at radius 3 is 2.56 bits per heavy atom. The van der Waals surface area contributed by atoms with Gasteiger partial charge >= 0.3 is 12.2 Å². The van der Waals surface area contributed by atoms with Gasteiger partial charge in [0.2, 0.25) is 0 Å². The first-order valence-corrected chi connectivity index (χ1v) is 10.6. The molecule has 0 radical (unpaired) electrons. The number of hydrogen-bond donors (Lipinski definition) is 1. The normalized spacial score (nSPS) is 14.4. The molecule has 174 valence electrons. The van der Waals surface area contributed by atoms with E-state index in [4.69, 9.17) is 5.73 Å². The number of hydrogen-bond acceptors (Lipinski definition) is 4. The van der Waals surface area contributed by atoms with Crippen LogP contribution in [-0.2, 0) is 19.8 Å². The van der Waals surface area contributed by atoms with Gasteiger partial charge in [0.25, 0.3) is 0 Å². The number of aromatic nitrogens is 3. The van der Waals surface area contributed by atoms with Crippen molar-refractivity contribution in [2.24, 2.45) is 7.05 Å². The Kier molecular flexibility index (Phi) is 5.15. The van der Waals surface area contributed by atoms with E-state index in [9.17, 15) is 18.0 Å². The Hall–Kier alpha value is -4.08. The lowest BCUT2D eigenvalue weighted by Crippen LogP contribution is -2.31. The molecule has 5 rings (SSSR count). The van der Waals surface area contributed by atoms with Gasteiger partial charge in [-0.05, 0) is 35.4 Å². The number of amides is 2. The van der Waals surface area contributed by atoms with Gasteiger partial charge in [-0.3, -0.25) is 4.90 Å². The maximum atomic E-state index is 13.0. The molecule has 4 aromatic rings. The van der Waals surface area contributed by atoms with Crippen LogP contribution in [0.2, 0.25) is 0 Å². The molecule has 7 nitrogen and oxygen atoms in total. The first-order chi connectivity index (χ1) is 16.2. The molecule has 0 saturated carbocycles. The number of rotatable bonds is 4. The first kappa shape index (κ1) is 21.7. The van der Waals surface area contributed by atoms with Crippen LogP contribution in [0.3, 0.4) is 0 Å². The van der Waals surface area contributed by atoms with Crippen LogP contribution in [0.15, 0.2) is 61.1 Å². The van der Waals surface area contributed by atoms with Crippen molar-refractivity contribution in [3.05, 3.63) is 72.2 Å². The average molecular weight is 466 g/mol. The van der Waals surface area contributed by atoms with Crippen LogP contribution < -0.4 is 10.6 Å². The van der Waals surface area contributed by atoms with Crippen molar-refractivity contribution in [3.8, 4) is 11.1 Å². The predicted molar refractivity (Wildman–Crippen MR) is 123 cm³/mol. The third-order valence-corrected chi connectivity index (χ3v) is 6.00. The molecule has 1 aliphatic heterocycles. The van der Waals surface area contributed by atoms with E-state index in [0.29, 0.717) is 30.2 Å². The zero-order chi connectivity index (χ0) is 24.0. The highest BCUT2D eigenvalue weighted by Gasteiger charge is 2.32. The van der Waals surface area contributed by atoms with Crippen LogP contribution in [0.25, 0.3) is 22.2 Å². The predicted octanol–water partition coefficient (Wildman–Crippen LogP) is 4.68. The lowest BCUT2D eigenvalue weighted by Gasteiger charge is -2.19. The molecule has 1 fully saturated rings. The van der Waals surface area contributed by atoms with E-state index in [2.05, 4.69) is 9.97 Å². The maximum absolute atomic E-state index is 13.0. The number of nitrogens with zero attached hydrogens (tertiary/aromatic N) is 5. The quantitative estimate of drug-likeness (QED) is 0.474. The van der Waals surface area contributed by atoms with Crippen LogP contribution in [0.4, 0.5) is 29.5 Å². The van der Waals surface area contributed by atoms with Crippen molar-refractivity contribution < 1.29 is 18.0 Å². The molecular weight excluding hydrogens is 445 g/mol. The van der Waals surface area contributed by atoms with Gasteiger partial charge < -0.3 is 15.2 Å². The second kappa shape index (κ2) is 8.05. The van der Waals surface area contributed by atoms with Gasteiger partial charge in [-0.1, -0.05) is 24.3 Å². The number of anilines is 2. The third-order valence-electron chi connectivity index (χ3n) is 6.00. The zero-order valence-electron chi connectivity index (χ0n) is 18.3. The smallest absolute Gasteiger partial charge is 0.383 e. The zero-order valence-corrected chi connectivity index (χ0v) is 18.3. The number of carbonyl (C=O) groups excluding carboxylic acids is 1. The summed E-state index contributed by atoms with van der Waals surface area (Å²) < 4.78 is 40.9. The van der Waals surface area contributed by atoms with Crippen molar-refractivity contribution >= 4 is 28.6 Å². The number of aryl methyl sites for hydroxylation is 1. The van der Waals surface area contributed by atoms with E-state index in [1.54, 1.807) is 15.9 Å². The van der Waals surface area contributed by atoms with E-state index in [-0.39, 0.29) is 12.6 Å². The van der Waals surface area contributed by atoms with E-state index >= 15 is 0 Å². The number of halogens is 3. The second-order valence-corrected chi connectivity index (χ2v) is 8.21. The van der Waals surface area contributed by atoms with Gasteiger partial charge in [-0.25, -0.2) is 14.8 Å². The molecule has 10 heteroatoms. The summed E-state index contributed by atoms with van der Waals surface area (Å²) in [5.74, 6) is 0.393. The summed E-state index contributed by atoms with van der Waals surface area (Å²) in [6.07, 6.45) is -1.06. The number of urea groups is 1. The molecule has 0 atom stereocenters. The molecule has 2 aromatic carbocycles. The molecule has 0 unspecified atom stereocenters. The molecule has 1 aliphatic rings. The van der Waals surface area contributed by atoms with Crippen LogP contribution in [0.1, 0.15) is 11.1 Å². The standard InChI is InChI=1S/C24H21F3N6O/c1-31-13-19(20-21(28)29-14-30-22(20)31)16-5-7-18(8-6-16)33-10-9-32(23(33)34)12-15-3-2-4-17(11-15)24(25,26)27/h2-8,11,13-14H,9-10,12H2,1H3,(H2,28,29,30). The first-order valence-electron chi connectivity index (χ1n) is 10.6. The average Bonchev–Trinajstić information content (AvgIpc) is 3.34. The minimum Gasteiger partial charge on any atom is -0.383 e. The molecule has 3 heterocycles.